The first-order chi connectivity index (χ1) is 6.55. The topological polar surface area (TPSA) is 92.3 Å². The summed E-state index contributed by atoms with van der Waals surface area (Å²) in [7, 11) is 0. The zero-order valence-corrected chi connectivity index (χ0v) is 10.6. The summed E-state index contributed by atoms with van der Waals surface area (Å²) in [6.45, 7) is 3.67. The first-order valence-electron chi connectivity index (χ1n) is 4.21. The van der Waals surface area contributed by atoms with Crippen LogP contribution in [0.1, 0.15) is 6.42 Å². The van der Waals surface area contributed by atoms with E-state index in [1.54, 1.807) is 0 Å². The summed E-state index contributed by atoms with van der Waals surface area (Å²) < 4.78 is -1.19. The predicted octanol–water partition coefficient (Wildman–Crippen LogP) is -5.00. The zero-order valence-electron chi connectivity index (χ0n) is 8.56. The number of amides is 2. The monoisotopic (exact) mass is 222 g/mol. The molecule has 0 bridgehead atoms. The zero-order chi connectivity index (χ0) is 10.8. The number of imide groups is 1. The number of hydrogen-bond acceptors (Lipinski definition) is 5. The maximum Gasteiger partial charge on any atom is 1.00 e. The van der Waals surface area contributed by atoms with Gasteiger partial charge < -0.3 is 19.8 Å². The van der Waals surface area contributed by atoms with Gasteiger partial charge in [0.15, 0.2) is 6.17 Å². The summed E-state index contributed by atoms with van der Waals surface area (Å²) in [5.41, 5.74) is 0. The van der Waals surface area contributed by atoms with E-state index in [4.69, 9.17) is 0 Å². The van der Waals surface area contributed by atoms with E-state index >= 15 is 0 Å². The van der Waals surface area contributed by atoms with Crippen molar-refractivity contribution < 1.29 is 53.8 Å². The Kier molecular flexibility index (Phi) is 5.47. The van der Waals surface area contributed by atoms with Crippen molar-refractivity contribution in [3.8, 4) is 0 Å². The molecule has 15 heavy (non-hydrogen) atoms. The van der Waals surface area contributed by atoms with Crippen LogP contribution in [0.25, 0.3) is 0 Å². The van der Waals surface area contributed by atoms with E-state index < -0.39 is 22.8 Å². The Bertz CT molecular complexity index is 268. The SMILES string of the molecule is C=CCC1NCC[N+]1(C(=O)[O-])C(=O)[O-].[Na+]. The average molecular weight is 222 g/mol. The van der Waals surface area contributed by atoms with Crippen LogP contribution in [0, 0.1) is 0 Å². The molecular weight excluding hydrogens is 211 g/mol. The fraction of sp³-hybridized carbons (Fsp3) is 0.500. The van der Waals surface area contributed by atoms with E-state index in [2.05, 4.69) is 11.9 Å². The molecule has 0 spiro atoms. The first kappa shape index (κ1) is 14.6. The van der Waals surface area contributed by atoms with Gasteiger partial charge in [0.1, 0.15) is 6.54 Å². The summed E-state index contributed by atoms with van der Waals surface area (Å²) >= 11 is 0. The van der Waals surface area contributed by atoms with Crippen molar-refractivity contribution in [2.45, 2.75) is 12.6 Å². The van der Waals surface area contributed by atoms with Crippen molar-refractivity contribution in [1.29, 1.82) is 0 Å². The van der Waals surface area contributed by atoms with Crippen LogP contribution in [0.2, 0.25) is 0 Å². The summed E-state index contributed by atoms with van der Waals surface area (Å²) in [5, 5.41) is 24.4. The van der Waals surface area contributed by atoms with E-state index in [1.807, 2.05) is 0 Å². The number of quaternary nitrogens is 1. The molecule has 0 aliphatic carbocycles. The second-order valence-electron chi connectivity index (χ2n) is 3.12. The van der Waals surface area contributed by atoms with Crippen LogP contribution in [0.3, 0.4) is 0 Å². The largest absolute Gasteiger partial charge is 1.00 e. The second-order valence-corrected chi connectivity index (χ2v) is 3.12. The van der Waals surface area contributed by atoms with Crippen molar-refractivity contribution >= 4 is 12.2 Å². The second kappa shape index (κ2) is 5.62. The minimum atomic E-state index is -1.65. The van der Waals surface area contributed by atoms with Crippen molar-refractivity contribution in [1.82, 2.24) is 5.32 Å². The number of rotatable bonds is 2. The molecule has 7 heteroatoms. The van der Waals surface area contributed by atoms with E-state index in [0.29, 0.717) is 6.54 Å². The third-order valence-corrected chi connectivity index (χ3v) is 2.42. The molecule has 1 fully saturated rings. The van der Waals surface area contributed by atoms with Crippen LogP contribution in [0.5, 0.6) is 0 Å². The van der Waals surface area contributed by atoms with Gasteiger partial charge in [-0.1, -0.05) is 6.08 Å². The molecule has 1 heterocycles. The van der Waals surface area contributed by atoms with Gasteiger partial charge >= 0.3 is 29.6 Å². The van der Waals surface area contributed by atoms with Crippen LogP contribution >= 0.6 is 0 Å². The van der Waals surface area contributed by atoms with Gasteiger partial charge in [0.25, 0.3) is 12.2 Å². The van der Waals surface area contributed by atoms with Gasteiger partial charge in [-0.15, -0.1) is 6.58 Å². The minimum absolute atomic E-state index is 0. The van der Waals surface area contributed by atoms with Crippen LogP contribution in [-0.2, 0) is 0 Å². The van der Waals surface area contributed by atoms with Crippen LogP contribution in [-0.4, -0.2) is 35.9 Å². The molecule has 1 N–H and O–H groups in total. The molecule has 2 amide bonds. The van der Waals surface area contributed by atoms with Crippen molar-refractivity contribution in [3.63, 3.8) is 0 Å². The third kappa shape index (κ3) is 2.40. The third-order valence-electron chi connectivity index (χ3n) is 2.42. The fourth-order valence-corrected chi connectivity index (χ4v) is 1.65. The van der Waals surface area contributed by atoms with Gasteiger partial charge in [-0.05, 0) is 0 Å². The van der Waals surface area contributed by atoms with Crippen LogP contribution < -0.4 is 45.1 Å². The fourth-order valence-electron chi connectivity index (χ4n) is 1.65. The summed E-state index contributed by atoms with van der Waals surface area (Å²) in [4.78, 5) is 21.6. The first-order valence-corrected chi connectivity index (χ1v) is 4.21. The van der Waals surface area contributed by atoms with Crippen molar-refractivity contribution in [3.05, 3.63) is 12.7 Å². The smallest absolute Gasteiger partial charge is 0.498 e. The molecule has 1 saturated heterocycles. The van der Waals surface area contributed by atoms with Crippen molar-refractivity contribution in [2.24, 2.45) is 0 Å². The van der Waals surface area contributed by atoms with Gasteiger partial charge in [0.2, 0.25) is 0 Å². The van der Waals surface area contributed by atoms with Gasteiger partial charge in [-0.2, -0.15) is 0 Å². The molecular formula is C8H11N2NaO4. The molecule has 78 valence electrons. The molecule has 0 aromatic carbocycles. The minimum Gasteiger partial charge on any atom is -0.498 e. The number of carboxylic acid groups (broad SMARTS) is 2. The summed E-state index contributed by atoms with van der Waals surface area (Å²) in [6, 6.07) is 0. The number of hydrogen-bond donors (Lipinski definition) is 1. The van der Waals surface area contributed by atoms with E-state index in [1.165, 1.54) is 6.08 Å². The average Bonchev–Trinajstić information content (AvgIpc) is 2.49. The molecule has 0 aromatic heterocycles. The molecule has 6 nitrogen and oxygen atoms in total. The molecule has 1 unspecified atom stereocenters. The van der Waals surface area contributed by atoms with E-state index in [9.17, 15) is 19.8 Å². The van der Waals surface area contributed by atoms with Gasteiger partial charge in [-0.25, -0.2) is 4.48 Å². The normalized spacial score (nSPS) is 22.8. The molecule has 1 atom stereocenters. The molecule has 0 radical (unpaired) electrons. The van der Waals surface area contributed by atoms with Gasteiger partial charge in [0, 0.05) is 6.42 Å². The van der Waals surface area contributed by atoms with E-state index in [0.717, 1.165) is 0 Å². The quantitative estimate of drug-likeness (QED) is 0.287. The van der Waals surface area contributed by atoms with Gasteiger partial charge in [-0.3, -0.25) is 5.32 Å². The predicted molar refractivity (Wildman–Crippen MR) is 42.5 cm³/mol. The maximum atomic E-state index is 10.8. The summed E-state index contributed by atoms with van der Waals surface area (Å²) in [5.74, 6) is 0. The Morgan fingerprint density at radius 1 is 1.47 bits per heavy atom. The van der Waals surface area contributed by atoms with Crippen molar-refractivity contribution in [2.75, 3.05) is 13.1 Å². The summed E-state index contributed by atoms with van der Waals surface area (Å²) in [6.07, 6.45) is -2.35. The Morgan fingerprint density at radius 3 is 2.40 bits per heavy atom. The Hall–Kier alpha value is -0.400. The molecule has 1 rings (SSSR count). The molecule has 1 aliphatic heterocycles. The number of nitrogens with one attached hydrogen (secondary N) is 1. The van der Waals surface area contributed by atoms with Crippen LogP contribution in [0.4, 0.5) is 9.59 Å². The van der Waals surface area contributed by atoms with E-state index in [-0.39, 0.29) is 42.5 Å². The number of carbonyl (C=O) groups excluding carboxylic acids is 2. The number of nitrogens with zero attached hydrogens (tertiary/aromatic N) is 1. The van der Waals surface area contributed by atoms with Crippen LogP contribution in [0.15, 0.2) is 12.7 Å². The standard InChI is InChI=1S/C8H12N2O4.Na/c1-2-3-6-9-4-5-10(6,7(11)12)8(13)14;/h2,6,9H,1,3-5H2,(H-,11,12,13,14);/q;+1/p-1. The van der Waals surface area contributed by atoms with Gasteiger partial charge in [0.05, 0.1) is 6.54 Å². The molecule has 0 aromatic rings. The Labute approximate surface area is 109 Å². The Balaban J connectivity index is 0.00000196. The molecule has 1 aliphatic rings. The Morgan fingerprint density at radius 2 is 2.00 bits per heavy atom. The maximum absolute atomic E-state index is 10.8. The molecule has 0 saturated carbocycles. The number of carbonyl (C=O) groups is 2.